The van der Waals surface area contributed by atoms with Gasteiger partial charge in [-0.3, -0.25) is 9.79 Å². The molecule has 1 aromatic heterocycles. The van der Waals surface area contributed by atoms with Gasteiger partial charge in [0, 0.05) is 5.56 Å². The normalized spacial score (nSPS) is 11.3. The van der Waals surface area contributed by atoms with Crippen LogP contribution in [0.15, 0.2) is 52.8 Å². The van der Waals surface area contributed by atoms with Gasteiger partial charge in [0.15, 0.2) is 0 Å². The molecule has 3 nitrogen and oxygen atoms in total. The number of nitrogens with zero attached hydrogens (tertiary/aromatic N) is 1. The molecule has 0 unspecified atom stereocenters. The Bertz CT molecular complexity index is 532. The van der Waals surface area contributed by atoms with Gasteiger partial charge in [-0.1, -0.05) is 36.4 Å². The van der Waals surface area contributed by atoms with Crippen LogP contribution in [0.4, 0.5) is 0 Å². The summed E-state index contributed by atoms with van der Waals surface area (Å²) in [6.45, 7) is 0.0403. The maximum Gasteiger partial charge on any atom is 0.327 e. The summed E-state index contributed by atoms with van der Waals surface area (Å²) in [6.07, 6.45) is 0. The third-order valence-electron chi connectivity index (χ3n) is 2.40. The maximum absolute atomic E-state index is 11.2. The molecule has 18 heavy (non-hydrogen) atoms. The first kappa shape index (κ1) is 12.5. The number of ether oxygens (including phenoxy) is 1. The van der Waals surface area contributed by atoms with Crippen molar-refractivity contribution in [2.75, 3.05) is 13.7 Å². The molecular weight excluding hydrogens is 246 g/mol. The first-order valence-corrected chi connectivity index (χ1v) is 6.40. The first-order valence-electron chi connectivity index (χ1n) is 5.52. The smallest absolute Gasteiger partial charge is 0.327 e. The molecule has 0 bridgehead atoms. The fourth-order valence-corrected chi connectivity index (χ4v) is 2.28. The Morgan fingerprint density at radius 1 is 1.22 bits per heavy atom. The number of carbonyl (C=O) groups excluding carboxylic acids is 1. The minimum absolute atomic E-state index is 0.0403. The molecule has 0 spiro atoms. The molecule has 0 saturated carbocycles. The van der Waals surface area contributed by atoms with Crippen LogP contribution in [0.1, 0.15) is 10.4 Å². The SMILES string of the molecule is COC(=O)CN=C(c1ccccc1)c1cccs1. The van der Waals surface area contributed by atoms with Crippen molar-refractivity contribution < 1.29 is 9.53 Å². The van der Waals surface area contributed by atoms with Crippen molar-refractivity contribution in [2.45, 2.75) is 0 Å². The van der Waals surface area contributed by atoms with Crippen LogP contribution in [0, 0.1) is 0 Å². The number of benzene rings is 1. The number of hydrogen-bond donors (Lipinski definition) is 0. The molecule has 92 valence electrons. The van der Waals surface area contributed by atoms with E-state index >= 15 is 0 Å². The number of methoxy groups -OCH3 is 1. The van der Waals surface area contributed by atoms with Gasteiger partial charge in [-0.15, -0.1) is 11.3 Å². The van der Waals surface area contributed by atoms with Gasteiger partial charge in [0.05, 0.1) is 17.7 Å². The second-order valence-corrected chi connectivity index (χ2v) is 4.53. The highest BCUT2D eigenvalue weighted by molar-refractivity contribution is 7.12. The molecule has 0 saturated heterocycles. The fraction of sp³-hybridized carbons (Fsp3) is 0.143. The summed E-state index contributed by atoms with van der Waals surface area (Å²) in [4.78, 5) is 16.6. The van der Waals surface area contributed by atoms with E-state index in [1.807, 2.05) is 47.8 Å². The van der Waals surface area contributed by atoms with Crippen LogP contribution in [0.25, 0.3) is 0 Å². The largest absolute Gasteiger partial charge is 0.468 e. The number of esters is 1. The van der Waals surface area contributed by atoms with Gasteiger partial charge in [0.25, 0.3) is 0 Å². The predicted molar refractivity (Wildman–Crippen MR) is 73.3 cm³/mol. The van der Waals surface area contributed by atoms with Crippen molar-refractivity contribution >= 4 is 23.0 Å². The minimum Gasteiger partial charge on any atom is -0.468 e. The lowest BCUT2D eigenvalue weighted by Crippen LogP contribution is -2.09. The van der Waals surface area contributed by atoms with E-state index in [0.29, 0.717) is 0 Å². The van der Waals surface area contributed by atoms with E-state index in [4.69, 9.17) is 0 Å². The maximum atomic E-state index is 11.2. The molecular formula is C14H13NO2S. The summed E-state index contributed by atoms with van der Waals surface area (Å²) in [5.41, 5.74) is 1.83. The Labute approximate surface area is 110 Å². The summed E-state index contributed by atoms with van der Waals surface area (Å²) < 4.78 is 4.61. The summed E-state index contributed by atoms with van der Waals surface area (Å²) in [5.74, 6) is -0.333. The van der Waals surface area contributed by atoms with Crippen molar-refractivity contribution in [3.63, 3.8) is 0 Å². The third-order valence-corrected chi connectivity index (χ3v) is 3.27. The van der Waals surface area contributed by atoms with E-state index in [-0.39, 0.29) is 12.5 Å². The second-order valence-electron chi connectivity index (χ2n) is 3.58. The Hall–Kier alpha value is -1.94. The Balaban J connectivity index is 2.33. The second kappa shape index (κ2) is 6.12. The van der Waals surface area contributed by atoms with Crippen LogP contribution in [0.3, 0.4) is 0 Å². The number of aliphatic imine (C=N–C) groups is 1. The van der Waals surface area contributed by atoms with Gasteiger partial charge in [0.2, 0.25) is 0 Å². The number of hydrogen-bond acceptors (Lipinski definition) is 4. The van der Waals surface area contributed by atoms with Gasteiger partial charge in [-0.2, -0.15) is 0 Å². The van der Waals surface area contributed by atoms with Crippen LogP contribution in [0.2, 0.25) is 0 Å². The molecule has 0 aliphatic rings. The van der Waals surface area contributed by atoms with Crippen LogP contribution >= 0.6 is 11.3 Å². The van der Waals surface area contributed by atoms with Gasteiger partial charge < -0.3 is 4.74 Å². The lowest BCUT2D eigenvalue weighted by Gasteiger charge is -2.04. The molecule has 2 aromatic rings. The van der Waals surface area contributed by atoms with Gasteiger partial charge in [-0.25, -0.2) is 0 Å². The molecule has 1 aromatic carbocycles. The van der Waals surface area contributed by atoms with Gasteiger partial charge in [-0.05, 0) is 11.4 Å². The van der Waals surface area contributed by atoms with E-state index in [1.165, 1.54) is 7.11 Å². The number of rotatable bonds is 4. The van der Waals surface area contributed by atoms with E-state index in [9.17, 15) is 4.79 Å². The zero-order valence-corrected chi connectivity index (χ0v) is 10.8. The molecule has 0 fully saturated rings. The van der Waals surface area contributed by atoms with Crippen LogP contribution in [0.5, 0.6) is 0 Å². The Morgan fingerprint density at radius 3 is 2.61 bits per heavy atom. The zero-order valence-electron chi connectivity index (χ0n) is 10.00. The Morgan fingerprint density at radius 2 is 2.00 bits per heavy atom. The predicted octanol–water partition coefficient (Wildman–Crippen LogP) is 2.76. The minimum atomic E-state index is -0.333. The quantitative estimate of drug-likeness (QED) is 0.625. The highest BCUT2D eigenvalue weighted by atomic mass is 32.1. The summed E-state index contributed by atoms with van der Waals surface area (Å²) in [5, 5.41) is 1.99. The zero-order chi connectivity index (χ0) is 12.8. The van der Waals surface area contributed by atoms with Crippen molar-refractivity contribution in [3.05, 3.63) is 58.3 Å². The summed E-state index contributed by atoms with van der Waals surface area (Å²) in [7, 11) is 1.37. The van der Waals surface area contributed by atoms with Gasteiger partial charge >= 0.3 is 5.97 Å². The molecule has 0 aliphatic heterocycles. The van der Waals surface area contributed by atoms with E-state index < -0.39 is 0 Å². The monoisotopic (exact) mass is 259 g/mol. The van der Waals surface area contributed by atoms with E-state index in [0.717, 1.165) is 16.2 Å². The number of thiophene rings is 1. The first-order chi connectivity index (χ1) is 8.81. The van der Waals surface area contributed by atoms with Gasteiger partial charge in [0.1, 0.15) is 6.54 Å². The van der Waals surface area contributed by atoms with E-state index in [1.54, 1.807) is 11.3 Å². The highest BCUT2D eigenvalue weighted by Gasteiger charge is 2.08. The van der Waals surface area contributed by atoms with E-state index in [2.05, 4.69) is 9.73 Å². The number of carbonyl (C=O) groups is 1. The molecule has 4 heteroatoms. The molecule has 0 radical (unpaired) electrons. The van der Waals surface area contributed by atoms with Crippen molar-refractivity contribution in [3.8, 4) is 0 Å². The average Bonchev–Trinajstić information content (AvgIpc) is 2.94. The van der Waals surface area contributed by atoms with Crippen LogP contribution < -0.4 is 0 Å². The van der Waals surface area contributed by atoms with Crippen LogP contribution in [-0.4, -0.2) is 25.3 Å². The molecule has 0 aliphatic carbocycles. The molecule has 1 heterocycles. The Kier molecular flexibility index (Phi) is 4.25. The fourth-order valence-electron chi connectivity index (χ4n) is 1.53. The average molecular weight is 259 g/mol. The third kappa shape index (κ3) is 3.05. The summed E-state index contributed by atoms with van der Waals surface area (Å²) in [6, 6.07) is 13.8. The van der Waals surface area contributed by atoms with Crippen molar-refractivity contribution in [1.82, 2.24) is 0 Å². The molecule has 2 rings (SSSR count). The van der Waals surface area contributed by atoms with Crippen molar-refractivity contribution in [2.24, 2.45) is 4.99 Å². The molecule has 0 amide bonds. The molecule has 0 N–H and O–H groups in total. The standard InChI is InChI=1S/C14H13NO2S/c1-17-13(16)10-15-14(12-8-5-9-18-12)11-6-3-2-4-7-11/h2-9H,10H2,1H3. The topological polar surface area (TPSA) is 38.7 Å². The van der Waals surface area contributed by atoms with Crippen molar-refractivity contribution in [1.29, 1.82) is 0 Å². The molecule has 0 atom stereocenters. The van der Waals surface area contributed by atoms with Crippen LogP contribution in [-0.2, 0) is 9.53 Å². The lowest BCUT2D eigenvalue weighted by atomic mass is 10.1. The highest BCUT2D eigenvalue weighted by Crippen LogP contribution is 2.16. The summed E-state index contributed by atoms with van der Waals surface area (Å²) >= 11 is 1.60. The lowest BCUT2D eigenvalue weighted by molar-refractivity contribution is -0.138.